The van der Waals surface area contributed by atoms with Crippen LogP contribution in [0, 0.1) is 0 Å². The van der Waals surface area contributed by atoms with Gasteiger partial charge in [0.15, 0.2) is 11.6 Å². The number of rotatable bonds is 8. The average molecular weight is 633 g/mol. The number of methoxy groups -OCH3 is 2. The van der Waals surface area contributed by atoms with E-state index < -0.39 is 0 Å². The number of benzene rings is 5. The molecule has 5 aromatic carbocycles. The highest BCUT2D eigenvalue weighted by atomic mass is 16.5. The Morgan fingerprint density at radius 2 is 0.958 bits per heavy atom. The summed E-state index contributed by atoms with van der Waals surface area (Å²) in [4.78, 5) is 37.3. The predicted molar refractivity (Wildman–Crippen MR) is 188 cm³/mol. The van der Waals surface area contributed by atoms with Crippen LogP contribution in [0.15, 0.2) is 141 Å². The fraction of sp³-hybridized carbons (Fsp3) is 0.0526. The van der Waals surface area contributed by atoms with Gasteiger partial charge in [0.2, 0.25) is 0 Å². The van der Waals surface area contributed by atoms with Gasteiger partial charge in [0.05, 0.1) is 48.5 Å². The number of hydrogen-bond acceptors (Lipinski definition) is 8. The van der Waals surface area contributed by atoms with Gasteiger partial charge in [-0.3, -0.25) is 9.59 Å². The monoisotopic (exact) mass is 632 g/mol. The van der Waals surface area contributed by atoms with Crippen molar-refractivity contribution in [2.75, 3.05) is 14.2 Å². The summed E-state index contributed by atoms with van der Waals surface area (Å²) in [5.41, 5.74) is 3.15. The van der Waals surface area contributed by atoms with Crippen LogP contribution >= 0.6 is 0 Å². The van der Waals surface area contributed by atoms with Crippen LogP contribution in [-0.4, -0.2) is 46.0 Å². The maximum absolute atomic E-state index is 13.8. The number of para-hydroxylation sites is 2. The van der Waals surface area contributed by atoms with Crippen molar-refractivity contribution in [3.63, 3.8) is 0 Å². The molecule has 0 fully saturated rings. The molecule has 0 saturated carbocycles. The van der Waals surface area contributed by atoms with E-state index in [9.17, 15) is 9.59 Å². The number of aromatic nitrogens is 4. The third kappa shape index (κ3) is 5.85. The summed E-state index contributed by atoms with van der Waals surface area (Å²) in [6.07, 6.45) is 3.20. The lowest BCUT2D eigenvalue weighted by Gasteiger charge is -2.12. The Morgan fingerprint density at radius 1 is 0.542 bits per heavy atom. The first-order valence-corrected chi connectivity index (χ1v) is 15.0. The second-order valence-corrected chi connectivity index (χ2v) is 10.8. The number of ether oxygens (including phenoxy) is 2. The highest BCUT2D eigenvalue weighted by Gasteiger charge is 2.17. The molecule has 0 aliphatic heterocycles. The van der Waals surface area contributed by atoms with Crippen LogP contribution < -0.4 is 20.6 Å². The van der Waals surface area contributed by atoms with E-state index in [2.05, 4.69) is 10.2 Å². The zero-order valence-electron chi connectivity index (χ0n) is 26.0. The fourth-order valence-electron chi connectivity index (χ4n) is 5.26. The number of hydrogen-bond donors (Lipinski definition) is 0. The summed E-state index contributed by atoms with van der Waals surface area (Å²) in [6, 6.07) is 36.3. The van der Waals surface area contributed by atoms with Crippen molar-refractivity contribution in [3.8, 4) is 34.3 Å². The molecule has 0 radical (unpaired) electrons. The van der Waals surface area contributed by atoms with E-state index in [1.165, 1.54) is 9.35 Å². The Bertz CT molecular complexity index is 2300. The molecule has 10 nitrogen and oxygen atoms in total. The van der Waals surface area contributed by atoms with Crippen LogP contribution in [0.2, 0.25) is 0 Å². The molecule has 0 atom stereocenters. The molecule has 48 heavy (non-hydrogen) atoms. The summed E-state index contributed by atoms with van der Waals surface area (Å²) in [7, 11) is 3.20. The fourth-order valence-corrected chi connectivity index (χ4v) is 5.26. The molecule has 0 unspecified atom stereocenters. The van der Waals surface area contributed by atoms with E-state index >= 15 is 0 Å². The molecule has 7 rings (SSSR count). The molecular formula is C38H28N6O4. The van der Waals surface area contributed by atoms with Gasteiger partial charge in [-0.05, 0) is 90.0 Å². The zero-order chi connectivity index (χ0) is 33.0. The molecule has 0 bridgehead atoms. The van der Waals surface area contributed by atoms with Gasteiger partial charge in [-0.15, -0.1) is 0 Å². The molecule has 0 saturated heterocycles. The van der Waals surface area contributed by atoms with Crippen molar-refractivity contribution in [1.82, 2.24) is 19.3 Å². The van der Waals surface area contributed by atoms with Gasteiger partial charge >= 0.3 is 0 Å². The van der Waals surface area contributed by atoms with Crippen molar-refractivity contribution in [3.05, 3.63) is 153 Å². The molecule has 0 aliphatic carbocycles. The van der Waals surface area contributed by atoms with Crippen LogP contribution in [0.1, 0.15) is 11.1 Å². The highest BCUT2D eigenvalue weighted by molar-refractivity contribution is 5.84. The predicted octanol–water partition coefficient (Wildman–Crippen LogP) is 6.22. The molecule has 234 valence electrons. The second-order valence-electron chi connectivity index (χ2n) is 10.8. The van der Waals surface area contributed by atoms with E-state index in [-0.39, 0.29) is 11.1 Å². The van der Waals surface area contributed by atoms with Crippen LogP contribution in [-0.2, 0) is 0 Å². The van der Waals surface area contributed by atoms with Gasteiger partial charge in [-0.2, -0.15) is 19.6 Å². The summed E-state index contributed by atoms with van der Waals surface area (Å²) < 4.78 is 13.1. The van der Waals surface area contributed by atoms with Gasteiger partial charge in [-0.1, -0.05) is 42.5 Å². The minimum atomic E-state index is -0.324. The number of nitrogens with zero attached hydrogens (tertiary/aromatic N) is 6. The molecule has 2 heterocycles. The largest absolute Gasteiger partial charge is 0.497 e. The smallest absolute Gasteiger partial charge is 0.282 e. The molecule has 7 aromatic rings. The first-order valence-electron chi connectivity index (χ1n) is 15.0. The molecule has 0 N–H and O–H groups in total. The van der Waals surface area contributed by atoms with Crippen LogP contribution in [0.5, 0.6) is 11.5 Å². The van der Waals surface area contributed by atoms with Gasteiger partial charge in [0, 0.05) is 11.1 Å². The first kappa shape index (κ1) is 30.0. The van der Waals surface area contributed by atoms with E-state index in [1.807, 2.05) is 84.9 Å². The van der Waals surface area contributed by atoms with E-state index in [4.69, 9.17) is 19.4 Å². The lowest BCUT2D eigenvalue weighted by atomic mass is 10.1. The van der Waals surface area contributed by atoms with Gasteiger partial charge in [-0.25, -0.2) is 9.97 Å². The highest BCUT2D eigenvalue weighted by Crippen LogP contribution is 2.26. The van der Waals surface area contributed by atoms with Crippen LogP contribution in [0.4, 0.5) is 0 Å². The summed E-state index contributed by atoms with van der Waals surface area (Å²) >= 11 is 0. The third-order valence-corrected chi connectivity index (χ3v) is 7.76. The van der Waals surface area contributed by atoms with Crippen molar-refractivity contribution in [1.29, 1.82) is 0 Å². The summed E-state index contributed by atoms with van der Waals surface area (Å²) in [6.45, 7) is 0. The Morgan fingerprint density at radius 3 is 1.38 bits per heavy atom. The Hall–Kier alpha value is -6.68. The lowest BCUT2D eigenvalue weighted by molar-refractivity contribution is 0.414. The standard InChI is InChI=1S/C38H28N6O4/c1-47-29-18-14-25(15-19-29)23-39-43-35(41-33-12-5-3-10-31(33)37(43)45)27-8-7-9-28(22-27)36-42-34-13-6-4-11-32(34)38(46)44(36)40-24-26-16-20-30(48-2)21-17-26/h3-24H,1-2H3/b39-23+,40-24+. The van der Waals surface area contributed by atoms with E-state index in [0.29, 0.717) is 56.1 Å². The molecule has 0 aliphatic rings. The SMILES string of the molecule is COc1ccc(/C=N/n2c(-c3cccc(-c4nc5ccccc5c(=O)n4/N=C/c4ccc(OC)cc4)c3)nc3ccccc3c2=O)cc1. The topological polar surface area (TPSA) is 113 Å². The van der Waals surface area contributed by atoms with E-state index in [1.54, 1.807) is 63.0 Å². The first-order chi connectivity index (χ1) is 23.5. The Balaban J connectivity index is 1.38. The molecule has 0 amide bonds. The number of fused-ring (bicyclic) bond motifs is 2. The zero-order valence-corrected chi connectivity index (χ0v) is 26.0. The quantitative estimate of drug-likeness (QED) is 0.184. The van der Waals surface area contributed by atoms with Crippen molar-refractivity contribution < 1.29 is 9.47 Å². The summed E-state index contributed by atoms with van der Waals surface area (Å²) in [5, 5.41) is 10.0. The maximum atomic E-state index is 13.8. The Kier molecular flexibility index (Phi) is 8.11. The van der Waals surface area contributed by atoms with Crippen molar-refractivity contribution in [2.45, 2.75) is 0 Å². The van der Waals surface area contributed by atoms with Crippen LogP contribution in [0.3, 0.4) is 0 Å². The second kappa shape index (κ2) is 13.0. The molecule has 10 heteroatoms. The normalized spacial score (nSPS) is 11.5. The Labute approximate surface area is 274 Å². The lowest BCUT2D eigenvalue weighted by Crippen LogP contribution is -2.21. The average Bonchev–Trinajstić information content (AvgIpc) is 3.14. The van der Waals surface area contributed by atoms with Gasteiger partial charge in [0.1, 0.15) is 11.5 Å². The minimum Gasteiger partial charge on any atom is -0.497 e. The maximum Gasteiger partial charge on any atom is 0.282 e. The van der Waals surface area contributed by atoms with Crippen LogP contribution in [0.25, 0.3) is 44.6 Å². The molecular weight excluding hydrogens is 604 g/mol. The van der Waals surface area contributed by atoms with Gasteiger partial charge < -0.3 is 9.47 Å². The van der Waals surface area contributed by atoms with E-state index in [0.717, 1.165) is 11.1 Å². The van der Waals surface area contributed by atoms with Crippen molar-refractivity contribution in [2.24, 2.45) is 10.2 Å². The minimum absolute atomic E-state index is 0.321. The van der Waals surface area contributed by atoms with Crippen molar-refractivity contribution >= 4 is 34.2 Å². The molecule has 2 aromatic heterocycles. The summed E-state index contributed by atoms with van der Waals surface area (Å²) in [5.74, 6) is 2.06. The third-order valence-electron chi connectivity index (χ3n) is 7.76. The molecule has 0 spiro atoms. The van der Waals surface area contributed by atoms with Gasteiger partial charge in [0.25, 0.3) is 11.1 Å².